The average Bonchev–Trinajstić information content (AvgIpc) is 2.87. The lowest BCUT2D eigenvalue weighted by molar-refractivity contribution is 0.551. The van der Waals surface area contributed by atoms with Gasteiger partial charge in [-0.1, -0.05) is 26.0 Å². The van der Waals surface area contributed by atoms with Crippen molar-refractivity contribution in [1.29, 1.82) is 5.26 Å². The average molecular weight is 271 g/mol. The van der Waals surface area contributed by atoms with Gasteiger partial charge >= 0.3 is 0 Å². The third-order valence-corrected chi connectivity index (χ3v) is 3.54. The van der Waals surface area contributed by atoms with Crippen molar-refractivity contribution < 1.29 is 0 Å². The Hall–Kier alpha value is -1.70. The van der Waals surface area contributed by atoms with Crippen LogP contribution in [0.1, 0.15) is 24.4 Å². The predicted octanol–water partition coefficient (Wildman–Crippen LogP) is 3.43. The van der Waals surface area contributed by atoms with E-state index >= 15 is 0 Å². The van der Waals surface area contributed by atoms with Crippen molar-refractivity contribution in [2.45, 2.75) is 20.4 Å². The van der Waals surface area contributed by atoms with E-state index in [4.69, 9.17) is 5.26 Å². The van der Waals surface area contributed by atoms with Crippen molar-refractivity contribution in [2.24, 2.45) is 5.92 Å². The molecule has 0 spiro atoms. The zero-order valence-electron chi connectivity index (χ0n) is 11.2. The second-order valence-electron chi connectivity index (χ2n) is 4.84. The molecule has 2 rings (SSSR count). The summed E-state index contributed by atoms with van der Waals surface area (Å²) in [6, 6.07) is 9.66. The first kappa shape index (κ1) is 13.7. The van der Waals surface area contributed by atoms with Gasteiger partial charge in [-0.05, 0) is 24.6 Å². The van der Waals surface area contributed by atoms with Crippen LogP contribution >= 0.6 is 11.3 Å². The molecule has 0 bridgehead atoms. The lowest BCUT2D eigenvalue weighted by Gasteiger charge is -2.04. The number of benzene rings is 1. The Balaban J connectivity index is 2.01. The van der Waals surface area contributed by atoms with E-state index in [0.29, 0.717) is 11.5 Å². The van der Waals surface area contributed by atoms with Crippen LogP contribution in [0.4, 0.5) is 0 Å². The summed E-state index contributed by atoms with van der Waals surface area (Å²) < 4.78 is 0. The maximum absolute atomic E-state index is 8.77. The van der Waals surface area contributed by atoms with E-state index in [1.807, 2.05) is 24.3 Å². The molecule has 1 aromatic heterocycles. The Bertz CT molecular complexity index is 564. The van der Waals surface area contributed by atoms with Gasteiger partial charge in [-0.15, -0.1) is 11.3 Å². The topological polar surface area (TPSA) is 48.7 Å². The molecule has 0 aliphatic rings. The van der Waals surface area contributed by atoms with E-state index in [-0.39, 0.29) is 0 Å². The van der Waals surface area contributed by atoms with Crippen LogP contribution < -0.4 is 5.32 Å². The lowest BCUT2D eigenvalue weighted by Crippen LogP contribution is -2.18. The van der Waals surface area contributed by atoms with Crippen LogP contribution in [0.15, 0.2) is 29.6 Å². The summed E-state index contributed by atoms with van der Waals surface area (Å²) in [5.41, 5.74) is 2.72. The Morgan fingerprint density at radius 3 is 2.68 bits per heavy atom. The molecule has 0 aliphatic heterocycles. The SMILES string of the molecule is CC(C)CNCc1nc(-c2ccc(C#N)cc2)cs1. The van der Waals surface area contributed by atoms with Crippen LogP contribution in [0.3, 0.4) is 0 Å². The fourth-order valence-corrected chi connectivity index (χ4v) is 2.48. The van der Waals surface area contributed by atoms with Gasteiger partial charge in [0.25, 0.3) is 0 Å². The third-order valence-electron chi connectivity index (χ3n) is 2.69. The molecule has 0 aliphatic carbocycles. The van der Waals surface area contributed by atoms with Crippen LogP contribution in [-0.2, 0) is 6.54 Å². The van der Waals surface area contributed by atoms with Gasteiger partial charge in [0.2, 0.25) is 0 Å². The van der Waals surface area contributed by atoms with E-state index in [1.54, 1.807) is 11.3 Å². The summed E-state index contributed by atoms with van der Waals surface area (Å²) in [4.78, 5) is 4.61. The standard InChI is InChI=1S/C15H17N3S/c1-11(2)8-17-9-15-18-14(10-19-15)13-5-3-12(7-16)4-6-13/h3-6,10-11,17H,8-9H2,1-2H3. The van der Waals surface area contributed by atoms with Gasteiger partial charge < -0.3 is 5.32 Å². The predicted molar refractivity (Wildman–Crippen MR) is 78.8 cm³/mol. The van der Waals surface area contributed by atoms with Crippen LogP contribution in [0.5, 0.6) is 0 Å². The fourth-order valence-electron chi connectivity index (χ4n) is 1.71. The highest BCUT2D eigenvalue weighted by Gasteiger charge is 2.04. The third kappa shape index (κ3) is 3.88. The first-order valence-electron chi connectivity index (χ1n) is 6.34. The van der Waals surface area contributed by atoms with E-state index in [2.05, 4.69) is 35.6 Å². The summed E-state index contributed by atoms with van der Waals surface area (Å²) in [6.45, 7) is 6.21. The highest BCUT2D eigenvalue weighted by atomic mass is 32.1. The summed E-state index contributed by atoms with van der Waals surface area (Å²) in [6.07, 6.45) is 0. The number of rotatable bonds is 5. The van der Waals surface area contributed by atoms with Crippen LogP contribution in [0, 0.1) is 17.2 Å². The monoisotopic (exact) mass is 271 g/mol. The number of nitrogens with one attached hydrogen (secondary N) is 1. The molecule has 0 radical (unpaired) electrons. The molecule has 1 N–H and O–H groups in total. The summed E-state index contributed by atoms with van der Waals surface area (Å²) >= 11 is 1.67. The number of nitrogens with zero attached hydrogens (tertiary/aromatic N) is 2. The zero-order valence-corrected chi connectivity index (χ0v) is 12.0. The normalized spacial score (nSPS) is 10.6. The minimum absolute atomic E-state index is 0.651. The molecule has 1 heterocycles. The van der Waals surface area contributed by atoms with E-state index in [0.717, 1.165) is 29.4 Å². The molecule has 98 valence electrons. The van der Waals surface area contributed by atoms with Gasteiger partial charge in [-0.2, -0.15) is 5.26 Å². The van der Waals surface area contributed by atoms with Crippen LogP contribution in [0.25, 0.3) is 11.3 Å². The molecule has 0 amide bonds. The molecule has 0 unspecified atom stereocenters. The van der Waals surface area contributed by atoms with Gasteiger partial charge in [0.1, 0.15) is 5.01 Å². The van der Waals surface area contributed by atoms with E-state index < -0.39 is 0 Å². The highest BCUT2D eigenvalue weighted by molar-refractivity contribution is 7.09. The second-order valence-corrected chi connectivity index (χ2v) is 5.78. The van der Waals surface area contributed by atoms with Gasteiger partial charge in [-0.25, -0.2) is 4.98 Å². The molecule has 4 heteroatoms. The van der Waals surface area contributed by atoms with Gasteiger partial charge in [0.15, 0.2) is 0 Å². The minimum Gasteiger partial charge on any atom is -0.310 e. The Kier molecular flexibility index (Phi) is 4.67. The molecule has 1 aromatic carbocycles. The van der Waals surface area contributed by atoms with Crippen molar-refractivity contribution in [1.82, 2.24) is 10.3 Å². The molecule has 2 aromatic rings. The second kappa shape index (κ2) is 6.46. The summed E-state index contributed by atoms with van der Waals surface area (Å²) in [5.74, 6) is 0.651. The largest absolute Gasteiger partial charge is 0.310 e. The maximum Gasteiger partial charge on any atom is 0.107 e. The van der Waals surface area contributed by atoms with Gasteiger partial charge in [0, 0.05) is 17.5 Å². The number of aromatic nitrogens is 1. The fraction of sp³-hybridized carbons (Fsp3) is 0.333. The van der Waals surface area contributed by atoms with Gasteiger partial charge in [0.05, 0.1) is 17.3 Å². The molecule has 19 heavy (non-hydrogen) atoms. The summed E-state index contributed by atoms with van der Waals surface area (Å²) in [5, 5.41) is 15.3. The van der Waals surface area contributed by atoms with Crippen molar-refractivity contribution in [3.8, 4) is 17.3 Å². The number of hydrogen-bond donors (Lipinski definition) is 1. The van der Waals surface area contributed by atoms with Crippen molar-refractivity contribution >= 4 is 11.3 Å². The Labute approximate surface area is 117 Å². The quantitative estimate of drug-likeness (QED) is 0.906. The van der Waals surface area contributed by atoms with Crippen molar-refractivity contribution in [3.05, 3.63) is 40.2 Å². The Morgan fingerprint density at radius 2 is 2.05 bits per heavy atom. The molecule has 0 atom stereocenters. The van der Waals surface area contributed by atoms with Gasteiger partial charge in [-0.3, -0.25) is 0 Å². The minimum atomic E-state index is 0.651. The highest BCUT2D eigenvalue weighted by Crippen LogP contribution is 2.22. The number of nitriles is 1. The van der Waals surface area contributed by atoms with Crippen LogP contribution in [-0.4, -0.2) is 11.5 Å². The van der Waals surface area contributed by atoms with E-state index in [9.17, 15) is 0 Å². The Morgan fingerprint density at radius 1 is 1.32 bits per heavy atom. The van der Waals surface area contributed by atoms with E-state index in [1.165, 1.54) is 0 Å². The lowest BCUT2D eigenvalue weighted by atomic mass is 10.1. The molecule has 0 saturated heterocycles. The first-order valence-corrected chi connectivity index (χ1v) is 7.22. The maximum atomic E-state index is 8.77. The molecule has 0 saturated carbocycles. The zero-order chi connectivity index (χ0) is 13.7. The smallest absolute Gasteiger partial charge is 0.107 e. The molecular formula is C15H17N3S. The van der Waals surface area contributed by atoms with Crippen molar-refractivity contribution in [3.63, 3.8) is 0 Å². The molecule has 0 fully saturated rings. The molecule has 3 nitrogen and oxygen atoms in total. The first-order chi connectivity index (χ1) is 9.19. The van der Waals surface area contributed by atoms with Crippen LogP contribution in [0.2, 0.25) is 0 Å². The number of thiazole rings is 1. The summed E-state index contributed by atoms with van der Waals surface area (Å²) in [7, 11) is 0. The number of hydrogen-bond acceptors (Lipinski definition) is 4. The molecular weight excluding hydrogens is 254 g/mol. The van der Waals surface area contributed by atoms with Crippen molar-refractivity contribution in [2.75, 3.05) is 6.54 Å².